The van der Waals surface area contributed by atoms with Gasteiger partial charge in [-0.3, -0.25) is 0 Å². The van der Waals surface area contributed by atoms with E-state index in [1.54, 1.807) is 6.20 Å². The van der Waals surface area contributed by atoms with Gasteiger partial charge in [-0.15, -0.1) is 0 Å². The van der Waals surface area contributed by atoms with Gasteiger partial charge in [-0.25, -0.2) is 22.2 Å². The van der Waals surface area contributed by atoms with Crippen LogP contribution in [0.25, 0.3) is 27.7 Å². The van der Waals surface area contributed by atoms with Crippen molar-refractivity contribution in [1.82, 2.24) is 14.3 Å². The third-order valence-electron chi connectivity index (χ3n) is 5.90. The van der Waals surface area contributed by atoms with Gasteiger partial charge in [-0.1, -0.05) is 6.08 Å². The zero-order valence-corrected chi connectivity index (χ0v) is 17.4. The number of nitrogens with zero attached hydrogens (tertiary/aromatic N) is 3. The summed E-state index contributed by atoms with van der Waals surface area (Å²) in [6.45, 7) is 1.21. The number of nitrogens with one attached hydrogen (secondary N) is 1. The second-order valence-corrected chi connectivity index (χ2v) is 9.78. The van der Waals surface area contributed by atoms with Gasteiger partial charge in [0.25, 0.3) is 0 Å². The van der Waals surface area contributed by atoms with E-state index < -0.39 is 21.7 Å². The van der Waals surface area contributed by atoms with Crippen LogP contribution in [0.15, 0.2) is 30.5 Å². The second kappa shape index (κ2) is 6.61. The molecule has 0 unspecified atom stereocenters. The Bertz CT molecular complexity index is 1330. The van der Waals surface area contributed by atoms with E-state index in [0.29, 0.717) is 43.0 Å². The van der Waals surface area contributed by atoms with Crippen molar-refractivity contribution in [3.05, 3.63) is 53.4 Å². The topological polar surface area (TPSA) is 69.3 Å². The molecule has 6 nitrogen and oxygen atoms in total. The first kappa shape index (κ1) is 19.2. The maximum absolute atomic E-state index is 14.1. The number of hydrogen-bond acceptors (Lipinski definition) is 4. The van der Waals surface area contributed by atoms with Gasteiger partial charge in [-0.2, -0.15) is 4.31 Å². The first-order chi connectivity index (χ1) is 14.2. The molecule has 0 bridgehead atoms. The van der Waals surface area contributed by atoms with Crippen molar-refractivity contribution in [2.24, 2.45) is 0 Å². The average Bonchev–Trinajstić information content (AvgIpc) is 3.02. The molecule has 0 radical (unpaired) electrons. The average molecular weight is 430 g/mol. The van der Waals surface area contributed by atoms with E-state index in [1.165, 1.54) is 22.7 Å². The van der Waals surface area contributed by atoms with Crippen LogP contribution in [0.1, 0.15) is 17.7 Å². The molecule has 156 valence electrons. The summed E-state index contributed by atoms with van der Waals surface area (Å²) in [6, 6.07) is 4.29. The third-order valence-corrected chi connectivity index (χ3v) is 7.16. The molecule has 30 heavy (non-hydrogen) atoms. The predicted octanol–water partition coefficient (Wildman–Crippen LogP) is 3.51. The zero-order valence-electron chi connectivity index (χ0n) is 16.5. The van der Waals surface area contributed by atoms with Crippen LogP contribution in [0.5, 0.6) is 0 Å². The highest BCUT2D eigenvalue weighted by Crippen LogP contribution is 2.43. The van der Waals surface area contributed by atoms with Gasteiger partial charge in [0.15, 0.2) is 11.6 Å². The number of aromatic amines is 1. The summed E-state index contributed by atoms with van der Waals surface area (Å²) in [5.74, 6) is -1.77. The molecule has 0 atom stereocenters. The smallest absolute Gasteiger partial charge is 0.211 e. The SMILES string of the molecule is CN1Cc2c(C3=CCN(S(C)(=O)=O)CC3)[nH]c3nccc(c23)-c2cc(F)c(F)cc21. The molecule has 2 aliphatic heterocycles. The number of pyridine rings is 1. The Kier molecular flexibility index (Phi) is 4.23. The second-order valence-electron chi connectivity index (χ2n) is 7.80. The standard InChI is InChI=1S/C21H20F2N4O2S/c1-26-11-15-19-13(14-9-16(22)17(23)10-18(14)26)3-6-24-21(19)25-20(15)12-4-7-27(8-5-12)30(2,28)29/h3-4,6,9-10H,5,7-8,11H2,1-2H3,(H,24,25). The van der Waals surface area contributed by atoms with Gasteiger partial charge in [-0.05, 0) is 29.7 Å². The fourth-order valence-electron chi connectivity index (χ4n) is 4.41. The van der Waals surface area contributed by atoms with Gasteiger partial charge in [0.1, 0.15) is 5.65 Å². The monoisotopic (exact) mass is 430 g/mol. The van der Waals surface area contributed by atoms with Gasteiger partial charge in [0.05, 0.1) is 6.26 Å². The van der Waals surface area contributed by atoms with Crippen molar-refractivity contribution in [2.45, 2.75) is 13.0 Å². The van der Waals surface area contributed by atoms with E-state index in [-0.39, 0.29) is 0 Å². The molecule has 1 N–H and O–H groups in total. The van der Waals surface area contributed by atoms with Crippen molar-refractivity contribution < 1.29 is 17.2 Å². The number of anilines is 1. The summed E-state index contributed by atoms with van der Waals surface area (Å²) in [6.07, 6.45) is 5.35. The summed E-state index contributed by atoms with van der Waals surface area (Å²) in [5.41, 5.74) is 5.62. The van der Waals surface area contributed by atoms with Gasteiger partial charge < -0.3 is 9.88 Å². The Balaban J connectivity index is 1.69. The van der Waals surface area contributed by atoms with Crippen molar-refractivity contribution in [3.8, 4) is 11.1 Å². The van der Waals surface area contributed by atoms with Crippen molar-refractivity contribution >= 4 is 32.3 Å². The van der Waals surface area contributed by atoms with E-state index in [2.05, 4.69) is 9.97 Å². The molecular formula is C21H20F2N4O2S. The molecule has 0 fully saturated rings. The summed E-state index contributed by atoms with van der Waals surface area (Å²) in [5, 5.41) is 0.885. The minimum Gasteiger partial charge on any atom is -0.370 e. The van der Waals surface area contributed by atoms with Crippen LogP contribution in [0.4, 0.5) is 14.5 Å². The number of aromatic nitrogens is 2. The quantitative estimate of drug-likeness (QED) is 0.676. The molecule has 0 amide bonds. The lowest BCUT2D eigenvalue weighted by atomic mass is 9.98. The highest BCUT2D eigenvalue weighted by atomic mass is 32.2. The van der Waals surface area contributed by atoms with Crippen molar-refractivity contribution in [2.75, 3.05) is 31.3 Å². The van der Waals surface area contributed by atoms with E-state index in [0.717, 1.165) is 27.8 Å². The number of fused-ring (bicyclic) bond motifs is 2. The zero-order chi connectivity index (χ0) is 21.2. The minimum absolute atomic E-state index is 0.315. The normalized spacial score (nSPS) is 17.1. The summed E-state index contributed by atoms with van der Waals surface area (Å²) in [7, 11) is -1.39. The first-order valence-electron chi connectivity index (χ1n) is 9.58. The van der Waals surface area contributed by atoms with Gasteiger partial charge in [0.2, 0.25) is 10.0 Å². The number of sulfonamides is 1. The fraction of sp³-hybridized carbons (Fsp3) is 0.286. The highest BCUT2D eigenvalue weighted by Gasteiger charge is 2.28. The van der Waals surface area contributed by atoms with Crippen LogP contribution in [0.2, 0.25) is 0 Å². The molecule has 0 saturated heterocycles. The van der Waals surface area contributed by atoms with E-state index in [1.807, 2.05) is 24.1 Å². The number of benzene rings is 1. The van der Waals surface area contributed by atoms with E-state index in [9.17, 15) is 17.2 Å². The van der Waals surface area contributed by atoms with Crippen LogP contribution in [0.3, 0.4) is 0 Å². The minimum atomic E-state index is -3.24. The number of halogens is 2. The first-order valence-corrected chi connectivity index (χ1v) is 11.4. The van der Waals surface area contributed by atoms with E-state index in [4.69, 9.17) is 0 Å². The van der Waals surface area contributed by atoms with Gasteiger partial charge in [0, 0.05) is 66.8 Å². The molecular weight excluding hydrogens is 410 g/mol. The lowest BCUT2D eigenvalue weighted by molar-refractivity contribution is 0.445. The van der Waals surface area contributed by atoms with Gasteiger partial charge >= 0.3 is 0 Å². The number of hydrogen-bond donors (Lipinski definition) is 1. The highest BCUT2D eigenvalue weighted by molar-refractivity contribution is 7.88. The molecule has 4 heterocycles. The molecule has 5 rings (SSSR count). The maximum Gasteiger partial charge on any atom is 0.211 e. The number of H-pyrrole nitrogens is 1. The molecule has 0 saturated carbocycles. The molecule has 2 aromatic heterocycles. The molecule has 0 spiro atoms. The molecule has 9 heteroatoms. The Labute approximate surface area is 172 Å². The Morgan fingerprint density at radius 2 is 1.93 bits per heavy atom. The summed E-state index contributed by atoms with van der Waals surface area (Å²) in [4.78, 5) is 9.74. The van der Waals surface area contributed by atoms with Crippen LogP contribution in [-0.4, -0.2) is 49.1 Å². The molecule has 2 aliphatic rings. The Morgan fingerprint density at radius 3 is 2.63 bits per heavy atom. The van der Waals surface area contributed by atoms with Crippen molar-refractivity contribution in [3.63, 3.8) is 0 Å². The van der Waals surface area contributed by atoms with Crippen LogP contribution >= 0.6 is 0 Å². The summed E-state index contributed by atoms with van der Waals surface area (Å²) >= 11 is 0. The molecule has 0 aliphatic carbocycles. The molecule has 1 aromatic carbocycles. The van der Waals surface area contributed by atoms with Crippen LogP contribution < -0.4 is 4.90 Å². The van der Waals surface area contributed by atoms with E-state index >= 15 is 0 Å². The lowest BCUT2D eigenvalue weighted by Gasteiger charge is -2.25. The Hall–Kier alpha value is -2.78. The largest absolute Gasteiger partial charge is 0.370 e. The van der Waals surface area contributed by atoms with Crippen LogP contribution in [0, 0.1) is 11.6 Å². The van der Waals surface area contributed by atoms with Crippen molar-refractivity contribution in [1.29, 1.82) is 0 Å². The molecule has 3 aromatic rings. The Morgan fingerprint density at radius 1 is 1.17 bits per heavy atom. The lowest BCUT2D eigenvalue weighted by Crippen LogP contribution is -2.33. The number of rotatable bonds is 2. The third kappa shape index (κ3) is 2.92. The van der Waals surface area contributed by atoms with Crippen LogP contribution in [-0.2, 0) is 16.6 Å². The summed E-state index contributed by atoms with van der Waals surface area (Å²) < 4.78 is 53.1. The predicted molar refractivity (Wildman–Crippen MR) is 113 cm³/mol. The fourth-order valence-corrected chi connectivity index (χ4v) is 5.17. The maximum atomic E-state index is 14.1.